The van der Waals surface area contributed by atoms with E-state index in [-0.39, 0.29) is 11.9 Å². The van der Waals surface area contributed by atoms with Gasteiger partial charge in [-0.1, -0.05) is 41.9 Å². The van der Waals surface area contributed by atoms with Crippen molar-refractivity contribution in [3.8, 4) is 0 Å². The van der Waals surface area contributed by atoms with E-state index in [4.69, 9.17) is 11.6 Å². The average Bonchev–Trinajstić information content (AvgIpc) is 2.98. The lowest BCUT2D eigenvalue weighted by atomic mass is 10.2. The van der Waals surface area contributed by atoms with E-state index in [9.17, 15) is 9.59 Å². The number of amides is 3. The third-order valence-electron chi connectivity index (χ3n) is 4.25. The summed E-state index contributed by atoms with van der Waals surface area (Å²) >= 11 is 5.87. The standard InChI is InChI=1S/C19H20ClN3O2/c1-22(13-14-7-9-15(20)10-8-14)19(25)21-17-11-12-23(18(17)24)16-5-3-2-4-6-16/h2-10,17H,11-13H2,1H3,(H,21,25)/t17-/m0/s1. The Balaban J connectivity index is 1.57. The number of hydrogen-bond acceptors (Lipinski definition) is 2. The van der Waals surface area contributed by atoms with Gasteiger partial charge in [0.25, 0.3) is 0 Å². The fourth-order valence-corrected chi connectivity index (χ4v) is 3.00. The van der Waals surface area contributed by atoms with Gasteiger partial charge in [-0.15, -0.1) is 0 Å². The molecule has 1 aliphatic rings. The van der Waals surface area contributed by atoms with Crippen molar-refractivity contribution >= 4 is 29.2 Å². The maximum atomic E-state index is 12.5. The number of rotatable bonds is 4. The molecule has 130 valence electrons. The first-order valence-electron chi connectivity index (χ1n) is 8.17. The van der Waals surface area contributed by atoms with Crippen molar-refractivity contribution in [3.05, 3.63) is 65.2 Å². The minimum atomic E-state index is -0.486. The van der Waals surface area contributed by atoms with E-state index in [0.717, 1.165) is 11.3 Å². The Labute approximate surface area is 152 Å². The normalized spacial score (nSPS) is 16.8. The Morgan fingerprint density at radius 1 is 1.20 bits per heavy atom. The number of hydrogen-bond donors (Lipinski definition) is 1. The Kier molecular flexibility index (Phi) is 5.24. The molecule has 1 N–H and O–H groups in total. The zero-order valence-electron chi connectivity index (χ0n) is 14.0. The molecule has 2 aromatic carbocycles. The summed E-state index contributed by atoms with van der Waals surface area (Å²) < 4.78 is 0. The van der Waals surface area contributed by atoms with Gasteiger partial charge in [-0.3, -0.25) is 4.79 Å². The van der Waals surface area contributed by atoms with Gasteiger partial charge in [0.15, 0.2) is 0 Å². The van der Waals surface area contributed by atoms with Crippen LogP contribution in [0.15, 0.2) is 54.6 Å². The second kappa shape index (κ2) is 7.57. The molecule has 0 unspecified atom stereocenters. The summed E-state index contributed by atoms with van der Waals surface area (Å²) in [6.45, 7) is 1.06. The molecule has 1 atom stereocenters. The van der Waals surface area contributed by atoms with Crippen molar-refractivity contribution in [3.63, 3.8) is 0 Å². The fourth-order valence-electron chi connectivity index (χ4n) is 2.87. The summed E-state index contributed by atoms with van der Waals surface area (Å²) in [6, 6.07) is 16.1. The lowest BCUT2D eigenvalue weighted by molar-refractivity contribution is -0.118. The first-order valence-corrected chi connectivity index (χ1v) is 8.55. The molecule has 0 aromatic heterocycles. The quantitative estimate of drug-likeness (QED) is 0.912. The van der Waals surface area contributed by atoms with Crippen LogP contribution in [-0.2, 0) is 11.3 Å². The summed E-state index contributed by atoms with van der Waals surface area (Å²) in [5, 5.41) is 3.49. The van der Waals surface area contributed by atoms with Crippen molar-refractivity contribution in [1.82, 2.24) is 10.2 Å². The monoisotopic (exact) mass is 357 g/mol. The smallest absolute Gasteiger partial charge is 0.318 e. The van der Waals surface area contributed by atoms with Crippen LogP contribution in [0.25, 0.3) is 0 Å². The minimum Gasteiger partial charge on any atom is -0.326 e. The number of nitrogens with zero attached hydrogens (tertiary/aromatic N) is 2. The van der Waals surface area contributed by atoms with E-state index in [2.05, 4.69) is 5.32 Å². The summed E-state index contributed by atoms with van der Waals surface area (Å²) in [4.78, 5) is 28.2. The first-order chi connectivity index (χ1) is 12.0. The number of carbonyl (C=O) groups excluding carboxylic acids is 2. The van der Waals surface area contributed by atoms with Gasteiger partial charge in [-0.25, -0.2) is 4.79 Å². The fraction of sp³-hybridized carbons (Fsp3) is 0.263. The van der Waals surface area contributed by atoms with Gasteiger partial charge < -0.3 is 15.1 Å². The van der Waals surface area contributed by atoms with Gasteiger partial charge in [0, 0.05) is 30.8 Å². The van der Waals surface area contributed by atoms with E-state index in [0.29, 0.717) is 24.5 Å². The number of benzene rings is 2. The first kappa shape index (κ1) is 17.3. The van der Waals surface area contributed by atoms with Crippen LogP contribution in [0.2, 0.25) is 5.02 Å². The van der Waals surface area contributed by atoms with Crippen LogP contribution in [0.3, 0.4) is 0 Å². The van der Waals surface area contributed by atoms with Gasteiger partial charge in [-0.05, 0) is 36.2 Å². The molecule has 25 heavy (non-hydrogen) atoms. The largest absolute Gasteiger partial charge is 0.326 e. The molecule has 1 fully saturated rings. The average molecular weight is 358 g/mol. The summed E-state index contributed by atoms with van der Waals surface area (Å²) in [5.41, 5.74) is 1.84. The Morgan fingerprint density at radius 2 is 1.88 bits per heavy atom. The van der Waals surface area contributed by atoms with Crippen LogP contribution < -0.4 is 10.2 Å². The zero-order valence-corrected chi connectivity index (χ0v) is 14.7. The molecule has 1 aliphatic heterocycles. The zero-order chi connectivity index (χ0) is 17.8. The highest BCUT2D eigenvalue weighted by molar-refractivity contribution is 6.30. The number of para-hydroxylation sites is 1. The number of halogens is 1. The lowest BCUT2D eigenvalue weighted by Gasteiger charge is -2.21. The molecular formula is C19H20ClN3O2. The minimum absolute atomic E-state index is 0.0700. The molecule has 0 bridgehead atoms. The maximum Gasteiger partial charge on any atom is 0.318 e. The summed E-state index contributed by atoms with van der Waals surface area (Å²) in [7, 11) is 1.71. The van der Waals surface area contributed by atoms with Gasteiger partial charge in [0.1, 0.15) is 6.04 Å². The second-order valence-corrected chi connectivity index (χ2v) is 6.54. The van der Waals surface area contributed by atoms with Gasteiger partial charge in [0.2, 0.25) is 5.91 Å². The number of carbonyl (C=O) groups is 2. The Hall–Kier alpha value is -2.53. The second-order valence-electron chi connectivity index (χ2n) is 6.10. The summed E-state index contributed by atoms with van der Waals surface area (Å²) in [5.74, 6) is -0.0700. The van der Waals surface area contributed by atoms with Crippen molar-refractivity contribution < 1.29 is 9.59 Å². The molecule has 3 amide bonds. The third-order valence-corrected chi connectivity index (χ3v) is 4.50. The van der Waals surface area contributed by atoms with E-state index >= 15 is 0 Å². The van der Waals surface area contributed by atoms with Crippen LogP contribution in [0, 0.1) is 0 Å². The molecule has 2 aromatic rings. The molecule has 0 saturated carbocycles. The van der Waals surface area contributed by atoms with Crippen LogP contribution in [-0.4, -0.2) is 36.5 Å². The summed E-state index contributed by atoms with van der Waals surface area (Å²) in [6.07, 6.45) is 0.605. The van der Waals surface area contributed by atoms with Gasteiger partial charge in [-0.2, -0.15) is 0 Å². The lowest BCUT2D eigenvalue weighted by Crippen LogP contribution is -2.46. The molecule has 1 saturated heterocycles. The topological polar surface area (TPSA) is 52.7 Å². The van der Waals surface area contributed by atoms with E-state index in [1.54, 1.807) is 29.0 Å². The van der Waals surface area contributed by atoms with Crippen molar-refractivity contribution in [1.29, 1.82) is 0 Å². The van der Waals surface area contributed by atoms with Crippen molar-refractivity contribution in [2.45, 2.75) is 19.0 Å². The van der Waals surface area contributed by atoms with Crippen LogP contribution >= 0.6 is 11.6 Å². The maximum absolute atomic E-state index is 12.5. The highest BCUT2D eigenvalue weighted by atomic mass is 35.5. The molecule has 3 rings (SSSR count). The predicted octanol–water partition coefficient (Wildman–Crippen LogP) is 3.29. The van der Waals surface area contributed by atoms with Gasteiger partial charge in [0.05, 0.1) is 0 Å². The molecule has 6 heteroatoms. The molecule has 0 aliphatic carbocycles. The van der Waals surface area contributed by atoms with Crippen LogP contribution in [0.5, 0.6) is 0 Å². The highest BCUT2D eigenvalue weighted by Gasteiger charge is 2.34. The van der Waals surface area contributed by atoms with E-state index < -0.39 is 6.04 Å². The number of nitrogens with one attached hydrogen (secondary N) is 1. The van der Waals surface area contributed by atoms with Crippen molar-refractivity contribution in [2.75, 3.05) is 18.5 Å². The number of urea groups is 1. The van der Waals surface area contributed by atoms with Gasteiger partial charge >= 0.3 is 6.03 Å². The van der Waals surface area contributed by atoms with Crippen LogP contribution in [0.4, 0.5) is 10.5 Å². The Bertz CT molecular complexity index is 749. The molecule has 0 radical (unpaired) electrons. The number of anilines is 1. The van der Waals surface area contributed by atoms with E-state index in [1.165, 1.54) is 0 Å². The highest BCUT2D eigenvalue weighted by Crippen LogP contribution is 2.21. The molecule has 5 nitrogen and oxygen atoms in total. The SMILES string of the molecule is CN(Cc1ccc(Cl)cc1)C(=O)N[C@H]1CCN(c2ccccc2)C1=O. The van der Waals surface area contributed by atoms with Crippen LogP contribution in [0.1, 0.15) is 12.0 Å². The molecule has 1 heterocycles. The predicted molar refractivity (Wildman–Crippen MR) is 98.7 cm³/mol. The molecule has 0 spiro atoms. The molecular weight excluding hydrogens is 338 g/mol. The third kappa shape index (κ3) is 4.12. The van der Waals surface area contributed by atoms with Crippen molar-refractivity contribution in [2.24, 2.45) is 0 Å². The Morgan fingerprint density at radius 3 is 2.56 bits per heavy atom. The van der Waals surface area contributed by atoms with E-state index in [1.807, 2.05) is 42.5 Å².